The van der Waals surface area contributed by atoms with Crippen LogP contribution in [0.25, 0.3) is 0 Å². The third-order valence-corrected chi connectivity index (χ3v) is 3.87. The Morgan fingerprint density at radius 2 is 1.84 bits per heavy atom. The first kappa shape index (κ1) is 12.8. The molecule has 98 valence electrons. The summed E-state index contributed by atoms with van der Waals surface area (Å²) < 4.78 is 5.92. The van der Waals surface area contributed by atoms with E-state index in [1.165, 1.54) is 0 Å². The van der Waals surface area contributed by atoms with E-state index in [0.717, 1.165) is 11.1 Å². The Bertz CT molecular complexity index is 613. The Kier molecular flexibility index (Phi) is 3.40. The zero-order chi connectivity index (χ0) is 13.4. The Balaban J connectivity index is 1.97. The molecule has 0 radical (unpaired) electrons. The van der Waals surface area contributed by atoms with Crippen molar-refractivity contribution in [3.05, 3.63) is 63.6 Å². The molecule has 0 aliphatic carbocycles. The van der Waals surface area contributed by atoms with Gasteiger partial charge in [0.1, 0.15) is 11.9 Å². The Morgan fingerprint density at radius 3 is 2.63 bits per heavy atom. The summed E-state index contributed by atoms with van der Waals surface area (Å²) in [6.45, 7) is 0. The quantitative estimate of drug-likeness (QED) is 0.836. The van der Waals surface area contributed by atoms with Crippen LogP contribution in [0.4, 0.5) is 0 Å². The molecular weight excluding hydrogens is 283 g/mol. The van der Waals surface area contributed by atoms with E-state index in [4.69, 9.17) is 27.9 Å². The minimum absolute atomic E-state index is 0.239. The van der Waals surface area contributed by atoms with Crippen LogP contribution in [0.15, 0.2) is 42.5 Å². The van der Waals surface area contributed by atoms with Crippen molar-refractivity contribution in [2.45, 2.75) is 18.6 Å². The molecule has 0 saturated carbocycles. The van der Waals surface area contributed by atoms with E-state index in [0.29, 0.717) is 22.2 Å². The maximum atomic E-state index is 10.2. The van der Waals surface area contributed by atoms with Gasteiger partial charge in [0.2, 0.25) is 0 Å². The van der Waals surface area contributed by atoms with Crippen LogP contribution in [0.2, 0.25) is 10.0 Å². The van der Waals surface area contributed by atoms with Crippen molar-refractivity contribution in [2.24, 2.45) is 0 Å². The smallest absolute Gasteiger partial charge is 0.128 e. The molecule has 2 nitrogen and oxygen atoms in total. The lowest BCUT2D eigenvalue weighted by atomic mass is 9.95. The number of aliphatic hydroxyl groups is 1. The Morgan fingerprint density at radius 1 is 1.05 bits per heavy atom. The largest absolute Gasteiger partial charge is 0.485 e. The van der Waals surface area contributed by atoms with Crippen LogP contribution in [0, 0.1) is 0 Å². The average Bonchev–Trinajstić information content (AvgIpc) is 2.40. The topological polar surface area (TPSA) is 29.5 Å². The first-order valence-corrected chi connectivity index (χ1v) is 6.79. The van der Waals surface area contributed by atoms with Gasteiger partial charge < -0.3 is 9.84 Å². The van der Waals surface area contributed by atoms with Gasteiger partial charge in [-0.3, -0.25) is 0 Å². The molecule has 1 unspecified atom stereocenters. The second kappa shape index (κ2) is 5.04. The van der Waals surface area contributed by atoms with Crippen molar-refractivity contribution < 1.29 is 9.84 Å². The highest BCUT2D eigenvalue weighted by Gasteiger charge is 2.29. The number of hydrogen-bond acceptors (Lipinski definition) is 2. The van der Waals surface area contributed by atoms with Gasteiger partial charge in [-0.15, -0.1) is 0 Å². The van der Waals surface area contributed by atoms with Crippen molar-refractivity contribution in [1.82, 2.24) is 0 Å². The van der Waals surface area contributed by atoms with Crippen LogP contribution in [0.5, 0.6) is 5.75 Å². The Hall–Kier alpha value is -1.22. The molecule has 2 aromatic rings. The van der Waals surface area contributed by atoms with Gasteiger partial charge in [0, 0.05) is 27.6 Å². The SMILES string of the molecule is O[C@@H]1CC(c2ccccc2Cl)Oc2ccc(Cl)cc21. The number of ether oxygens (including phenoxy) is 1. The standard InChI is InChI=1S/C15H12Cl2O2/c16-9-5-6-14-11(7-9)13(18)8-15(19-14)10-3-1-2-4-12(10)17/h1-7,13,15,18H,8H2/t13-,15?/m1/s1. The molecule has 1 aliphatic rings. The molecule has 19 heavy (non-hydrogen) atoms. The van der Waals surface area contributed by atoms with Gasteiger partial charge in [-0.2, -0.15) is 0 Å². The highest BCUT2D eigenvalue weighted by atomic mass is 35.5. The minimum Gasteiger partial charge on any atom is -0.485 e. The zero-order valence-corrected chi connectivity index (χ0v) is 11.5. The van der Waals surface area contributed by atoms with E-state index < -0.39 is 6.10 Å². The van der Waals surface area contributed by atoms with E-state index in [9.17, 15) is 5.11 Å². The fourth-order valence-corrected chi connectivity index (χ4v) is 2.78. The van der Waals surface area contributed by atoms with Crippen LogP contribution < -0.4 is 4.74 Å². The molecule has 2 atom stereocenters. The molecular formula is C15H12Cl2O2. The molecule has 0 bridgehead atoms. The van der Waals surface area contributed by atoms with Gasteiger partial charge in [0.25, 0.3) is 0 Å². The predicted molar refractivity (Wildman–Crippen MR) is 75.8 cm³/mol. The molecule has 2 aromatic carbocycles. The molecule has 0 spiro atoms. The van der Waals surface area contributed by atoms with Crippen LogP contribution >= 0.6 is 23.2 Å². The van der Waals surface area contributed by atoms with Crippen molar-refractivity contribution in [1.29, 1.82) is 0 Å². The summed E-state index contributed by atoms with van der Waals surface area (Å²) >= 11 is 12.1. The summed E-state index contributed by atoms with van der Waals surface area (Å²) in [6.07, 6.45) is -0.363. The fraction of sp³-hybridized carbons (Fsp3) is 0.200. The van der Waals surface area contributed by atoms with Crippen LogP contribution in [0.1, 0.15) is 29.8 Å². The van der Waals surface area contributed by atoms with Gasteiger partial charge >= 0.3 is 0 Å². The van der Waals surface area contributed by atoms with Gasteiger partial charge in [-0.25, -0.2) is 0 Å². The van der Waals surface area contributed by atoms with Crippen LogP contribution in [0.3, 0.4) is 0 Å². The third-order valence-electron chi connectivity index (χ3n) is 3.29. The van der Waals surface area contributed by atoms with Crippen LogP contribution in [-0.4, -0.2) is 5.11 Å². The van der Waals surface area contributed by atoms with Crippen molar-refractivity contribution >= 4 is 23.2 Å². The van der Waals surface area contributed by atoms with Crippen molar-refractivity contribution in [3.8, 4) is 5.75 Å². The van der Waals surface area contributed by atoms with E-state index in [-0.39, 0.29) is 6.10 Å². The van der Waals surface area contributed by atoms with E-state index in [2.05, 4.69) is 0 Å². The van der Waals surface area contributed by atoms with Gasteiger partial charge in [0.05, 0.1) is 6.10 Å². The zero-order valence-electron chi connectivity index (χ0n) is 10.0. The molecule has 0 aromatic heterocycles. The molecule has 0 saturated heterocycles. The van der Waals surface area contributed by atoms with E-state index in [1.807, 2.05) is 24.3 Å². The van der Waals surface area contributed by atoms with Crippen molar-refractivity contribution in [3.63, 3.8) is 0 Å². The lowest BCUT2D eigenvalue weighted by molar-refractivity contribution is 0.0658. The second-order valence-electron chi connectivity index (χ2n) is 4.56. The van der Waals surface area contributed by atoms with Gasteiger partial charge in [-0.05, 0) is 24.3 Å². The normalized spacial score (nSPS) is 21.6. The van der Waals surface area contributed by atoms with Crippen molar-refractivity contribution in [2.75, 3.05) is 0 Å². The first-order valence-electron chi connectivity index (χ1n) is 6.04. The second-order valence-corrected chi connectivity index (χ2v) is 5.41. The van der Waals surface area contributed by atoms with Gasteiger partial charge in [-0.1, -0.05) is 41.4 Å². The number of hydrogen-bond donors (Lipinski definition) is 1. The van der Waals surface area contributed by atoms with Gasteiger partial charge in [0.15, 0.2) is 0 Å². The number of benzene rings is 2. The lowest BCUT2D eigenvalue weighted by Gasteiger charge is -2.30. The minimum atomic E-state index is -0.594. The number of rotatable bonds is 1. The third kappa shape index (κ3) is 2.44. The van der Waals surface area contributed by atoms with Crippen LogP contribution in [-0.2, 0) is 0 Å². The molecule has 0 fully saturated rings. The summed E-state index contributed by atoms with van der Waals surface area (Å²) in [5, 5.41) is 11.5. The number of fused-ring (bicyclic) bond motifs is 1. The molecule has 1 aliphatic heterocycles. The molecule has 0 amide bonds. The lowest BCUT2D eigenvalue weighted by Crippen LogP contribution is -2.19. The average molecular weight is 295 g/mol. The number of halogens is 2. The summed E-state index contributed by atoms with van der Waals surface area (Å²) in [5.41, 5.74) is 1.62. The highest BCUT2D eigenvalue weighted by molar-refractivity contribution is 6.31. The summed E-state index contributed by atoms with van der Waals surface area (Å²) in [7, 11) is 0. The highest BCUT2D eigenvalue weighted by Crippen LogP contribution is 2.43. The first-order chi connectivity index (χ1) is 9.15. The number of aliphatic hydroxyl groups excluding tert-OH is 1. The van der Waals surface area contributed by atoms with E-state index in [1.54, 1.807) is 18.2 Å². The predicted octanol–water partition coefficient (Wildman–Crippen LogP) is 4.55. The molecule has 3 rings (SSSR count). The molecule has 1 heterocycles. The monoisotopic (exact) mass is 294 g/mol. The Labute approximate surface area is 121 Å². The maximum Gasteiger partial charge on any atom is 0.128 e. The summed E-state index contributed by atoms with van der Waals surface area (Å²) in [6, 6.07) is 12.8. The van der Waals surface area contributed by atoms with E-state index >= 15 is 0 Å². The summed E-state index contributed by atoms with van der Waals surface area (Å²) in [5.74, 6) is 0.660. The fourth-order valence-electron chi connectivity index (χ4n) is 2.34. The summed E-state index contributed by atoms with van der Waals surface area (Å²) in [4.78, 5) is 0. The maximum absolute atomic E-state index is 10.2. The molecule has 4 heteroatoms. The molecule has 1 N–H and O–H groups in total.